The largest absolute Gasteiger partial charge is 0.497 e. The Kier molecular flexibility index (Phi) is 6.81. The van der Waals surface area contributed by atoms with Crippen molar-refractivity contribution >= 4 is 35.0 Å². The molecule has 3 rings (SSSR count). The van der Waals surface area contributed by atoms with E-state index in [9.17, 15) is 9.59 Å². The number of methoxy groups -OCH3 is 1. The summed E-state index contributed by atoms with van der Waals surface area (Å²) in [6, 6.07) is 12.0. The molecule has 1 saturated heterocycles. The van der Waals surface area contributed by atoms with Gasteiger partial charge in [-0.25, -0.2) is 0 Å². The van der Waals surface area contributed by atoms with Gasteiger partial charge in [0.25, 0.3) is 5.91 Å². The Balaban J connectivity index is 1.59. The van der Waals surface area contributed by atoms with Crippen LogP contribution in [0.1, 0.15) is 28.8 Å². The quantitative estimate of drug-likeness (QED) is 0.768. The van der Waals surface area contributed by atoms with Crippen molar-refractivity contribution in [2.24, 2.45) is 0 Å². The van der Waals surface area contributed by atoms with Gasteiger partial charge >= 0.3 is 0 Å². The molecule has 0 aromatic heterocycles. The molecule has 0 saturated carbocycles. The number of carbonyl (C=O) groups excluding carboxylic acids is 2. The number of rotatable bonds is 6. The normalized spacial score (nSPS) is 16.1. The van der Waals surface area contributed by atoms with Crippen molar-refractivity contribution in [2.45, 2.75) is 25.3 Å². The van der Waals surface area contributed by atoms with Crippen molar-refractivity contribution in [1.82, 2.24) is 10.2 Å². The Morgan fingerprint density at radius 1 is 1.18 bits per heavy atom. The molecule has 0 radical (unpaired) electrons. The third kappa shape index (κ3) is 4.78. The van der Waals surface area contributed by atoms with Gasteiger partial charge in [-0.3, -0.25) is 9.59 Å². The van der Waals surface area contributed by atoms with Crippen LogP contribution < -0.4 is 10.1 Å². The predicted molar refractivity (Wildman–Crippen MR) is 110 cm³/mol. The summed E-state index contributed by atoms with van der Waals surface area (Å²) in [6.07, 6.45) is 2.12. The first-order valence-electron chi connectivity index (χ1n) is 9.16. The number of nitrogens with one attached hydrogen (secondary N) is 1. The molecule has 148 valence electrons. The van der Waals surface area contributed by atoms with E-state index in [4.69, 9.17) is 27.9 Å². The summed E-state index contributed by atoms with van der Waals surface area (Å²) in [5, 5.41) is 3.71. The van der Waals surface area contributed by atoms with Crippen molar-refractivity contribution in [2.75, 3.05) is 20.2 Å². The maximum Gasteiger partial charge on any atom is 0.256 e. The van der Waals surface area contributed by atoms with E-state index in [1.54, 1.807) is 30.2 Å². The van der Waals surface area contributed by atoms with E-state index in [1.165, 1.54) is 0 Å². The van der Waals surface area contributed by atoms with Crippen LogP contribution in [0.15, 0.2) is 42.5 Å². The Morgan fingerprint density at radius 2 is 1.93 bits per heavy atom. The van der Waals surface area contributed by atoms with Crippen LogP contribution in [0.4, 0.5) is 0 Å². The van der Waals surface area contributed by atoms with E-state index in [0.717, 1.165) is 17.7 Å². The zero-order valence-electron chi connectivity index (χ0n) is 15.6. The summed E-state index contributed by atoms with van der Waals surface area (Å²) in [6.45, 7) is 1.03. The van der Waals surface area contributed by atoms with Crippen LogP contribution >= 0.6 is 23.2 Å². The monoisotopic (exact) mass is 420 g/mol. The number of hydrogen-bond acceptors (Lipinski definition) is 3. The fraction of sp³-hybridized carbons (Fsp3) is 0.333. The first-order chi connectivity index (χ1) is 13.5. The average molecular weight is 421 g/mol. The number of amides is 2. The van der Waals surface area contributed by atoms with E-state index in [0.29, 0.717) is 41.5 Å². The molecule has 7 heteroatoms. The molecule has 1 aliphatic rings. The second-order valence-corrected chi connectivity index (χ2v) is 7.51. The van der Waals surface area contributed by atoms with Gasteiger partial charge in [0.2, 0.25) is 5.91 Å². The second kappa shape index (κ2) is 9.30. The zero-order valence-corrected chi connectivity index (χ0v) is 17.1. The average Bonchev–Trinajstić information content (AvgIpc) is 3.19. The van der Waals surface area contributed by atoms with Crippen molar-refractivity contribution in [3.63, 3.8) is 0 Å². The van der Waals surface area contributed by atoms with Gasteiger partial charge < -0.3 is 15.0 Å². The highest BCUT2D eigenvalue weighted by Gasteiger charge is 2.35. The van der Waals surface area contributed by atoms with Crippen LogP contribution in [-0.2, 0) is 11.2 Å². The summed E-state index contributed by atoms with van der Waals surface area (Å²) in [7, 11) is 1.63. The molecule has 1 fully saturated rings. The molecule has 1 heterocycles. The van der Waals surface area contributed by atoms with Gasteiger partial charge in [0.05, 0.1) is 17.7 Å². The van der Waals surface area contributed by atoms with Crippen molar-refractivity contribution in [3.05, 3.63) is 63.6 Å². The summed E-state index contributed by atoms with van der Waals surface area (Å²) in [5.41, 5.74) is 1.43. The molecule has 5 nitrogen and oxygen atoms in total. The summed E-state index contributed by atoms with van der Waals surface area (Å²) >= 11 is 12.1. The van der Waals surface area contributed by atoms with Gasteiger partial charge in [-0.15, -0.1) is 0 Å². The summed E-state index contributed by atoms with van der Waals surface area (Å²) in [4.78, 5) is 27.1. The standard InChI is InChI=1S/C21H22Cl2N2O3/c1-28-16-7-4-14(5-8-16)10-11-24-20(26)19-3-2-12-25(19)21(27)17-13-15(22)6-9-18(17)23/h4-9,13,19H,2-3,10-12H2,1H3,(H,24,26). The highest BCUT2D eigenvalue weighted by atomic mass is 35.5. The summed E-state index contributed by atoms with van der Waals surface area (Å²) in [5.74, 6) is 0.394. The van der Waals surface area contributed by atoms with Gasteiger partial charge in [0.15, 0.2) is 0 Å². The number of nitrogens with zero attached hydrogens (tertiary/aromatic N) is 1. The molecule has 2 aromatic rings. The molecule has 1 N–H and O–H groups in total. The number of likely N-dealkylation sites (tertiary alicyclic amines) is 1. The van der Waals surface area contributed by atoms with Crippen LogP contribution in [0.5, 0.6) is 5.75 Å². The van der Waals surface area contributed by atoms with E-state index in [-0.39, 0.29) is 11.8 Å². The first kappa shape index (κ1) is 20.5. The Hall–Kier alpha value is -2.24. The second-order valence-electron chi connectivity index (χ2n) is 6.67. The Labute approximate surface area is 174 Å². The van der Waals surface area contributed by atoms with Crippen LogP contribution in [0, 0.1) is 0 Å². The SMILES string of the molecule is COc1ccc(CCNC(=O)C2CCCN2C(=O)c2cc(Cl)ccc2Cl)cc1. The van der Waals surface area contributed by atoms with E-state index < -0.39 is 6.04 Å². The van der Waals surface area contributed by atoms with Crippen molar-refractivity contribution < 1.29 is 14.3 Å². The van der Waals surface area contributed by atoms with Gasteiger partial charge in [-0.05, 0) is 55.2 Å². The highest BCUT2D eigenvalue weighted by Crippen LogP contribution is 2.26. The van der Waals surface area contributed by atoms with Crippen LogP contribution in [0.25, 0.3) is 0 Å². The minimum atomic E-state index is -0.488. The lowest BCUT2D eigenvalue weighted by molar-refractivity contribution is -0.124. The lowest BCUT2D eigenvalue weighted by Crippen LogP contribution is -2.46. The van der Waals surface area contributed by atoms with Gasteiger partial charge in [-0.2, -0.15) is 0 Å². The molecule has 28 heavy (non-hydrogen) atoms. The van der Waals surface area contributed by atoms with Gasteiger partial charge in [-0.1, -0.05) is 35.3 Å². The van der Waals surface area contributed by atoms with E-state index in [1.807, 2.05) is 24.3 Å². The Bertz CT molecular complexity index is 855. The smallest absolute Gasteiger partial charge is 0.256 e. The topological polar surface area (TPSA) is 58.6 Å². The lowest BCUT2D eigenvalue weighted by atomic mass is 10.1. The minimum Gasteiger partial charge on any atom is -0.497 e. The number of hydrogen-bond donors (Lipinski definition) is 1. The third-order valence-corrected chi connectivity index (χ3v) is 5.41. The molecular formula is C21H22Cl2N2O3. The number of ether oxygens (including phenoxy) is 1. The molecule has 2 amide bonds. The molecule has 1 unspecified atom stereocenters. The van der Waals surface area contributed by atoms with Gasteiger partial charge in [0, 0.05) is 18.1 Å². The molecular weight excluding hydrogens is 399 g/mol. The molecule has 1 aliphatic heterocycles. The summed E-state index contributed by atoms with van der Waals surface area (Å²) < 4.78 is 5.14. The van der Waals surface area contributed by atoms with Crippen molar-refractivity contribution in [3.8, 4) is 5.75 Å². The number of benzene rings is 2. The predicted octanol–water partition coefficient (Wildman–Crippen LogP) is 3.97. The highest BCUT2D eigenvalue weighted by molar-refractivity contribution is 6.35. The zero-order chi connectivity index (χ0) is 20.1. The van der Waals surface area contributed by atoms with E-state index >= 15 is 0 Å². The fourth-order valence-corrected chi connectivity index (χ4v) is 3.71. The minimum absolute atomic E-state index is 0.141. The number of halogens is 2. The number of carbonyl (C=O) groups is 2. The van der Waals surface area contributed by atoms with Crippen LogP contribution in [0.3, 0.4) is 0 Å². The van der Waals surface area contributed by atoms with Gasteiger partial charge in [0.1, 0.15) is 11.8 Å². The van der Waals surface area contributed by atoms with Crippen LogP contribution in [-0.4, -0.2) is 43.0 Å². The Morgan fingerprint density at radius 3 is 2.64 bits per heavy atom. The molecule has 1 atom stereocenters. The molecule has 0 bridgehead atoms. The third-order valence-electron chi connectivity index (χ3n) is 4.85. The fourth-order valence-electron chi connectivity index (χ4n) is 3.34. The molecule has 0 spiro atoms. The maximum absolute atomic E-state index is 12.9. The molecule has 0 aliphatic carbocycles. The maximum atomic E-state index is 12.9. The molecule has 2 aromatic carbocycles. The van der Waals surface area contributed by atoms with E-state index in [2.05, 4.69) is 5.32 Å². The van der Waals surface area contributed by atoms with Crippen LogP contribution in [0.2, 0.25) is 10.0 Å². The van der Waals surface area contributed by atoms with Crippen molar-refractivity contribution in [1.29, 1.82) is 0 Å². The lowest BCUT2D eigenvalue weighted by Gasteiger charge is -2.24. The first-order valence-corrected chi connectivity index (χ1v) is 9.92.